The van der Waals surface area contributed by atoms with Crippen molar-refractivity contribution in [2.75, 3.05) is 11.9 Å². The van der Waals surface area contributed by atoms with E-state index in [1.165, 1.54) is 16.2 Å². The van der Waals surface area contributed by atoms with Gasteiger partial charge in [0.05, 0.1) is 18.4 Å². The van der Waals surface area contributed by atoms with Crippen LogP contribution in [0.25, 0.3) is 11.6 Å². The van der Waals surface area contributed by atoms with Crippen LogP contribution < -0.4 is 5.32 Å². The average Bonchev–Trinajstić information content (AvgIpc) is 3.67. The molecule has 196 valence electrons. The van der Waals surface area contributed by atoms with Gasteiger partial charge in [-0.25, -0.2) is 4.79 Å². The number of furan rings is 1. The smallest absolute Gasteiger partial charge is 0.341 e. The number of thioether (sulfide) groups is 1. The molecular formula is C28H28N4O4S2. The zero-order valence-corrected chi connectivity index (χ0v) is 22.7. The zero-order chi connectivity index (χ0) is 26.5. The number of aryl methyl sites for hydroxylation is 1. The molecule has 8 nitrogen and oxygen atoms in total. The van der Waals surface area contributed by atoms with Crippen LogP contribution in [0.4, 0.5) is 5.00 Å². The Kier molecular flexibility index (Phi) is 8.09. The van der Waals surface area contributed by atoms with Crippen molar-refractivity contribution < 1.29 is 18.7 Å². The van der Waals surface area contributed by atoms with Crippen molar-refractivity contribution in [2.24, 2.45) is 0 Å². The van der Waals surface area contributed by atoms with Crippen LogP contribution in [-0.2, 0) is 29.9 Å². The SMILES string of the molecule is C=CCn1c(SCc2ccc(C(=O)Nc3sc4c(c3C(=O)OCC)CCCC4)cc2)nnc1-c1ccco1. The lowest BCUT2D eigenvalue weighted by Crippen LogP contribution is -2.15. The molecule has 4 aromatic rings. The fourth-order valence-electron chi connectivity index (χ4n) is 4.43. The fraction of sp³-hybridized carbons (Fsp3) is 0.286. The van der Waals surface area contributed by atoms with Gasteiger partial charge in [-0.3, -0.25) is 9.36 Å². The maximum Gasteiger partial charge on any atom is 0.341 e. The van der Waals surface area contributed by atoms with Crippen LogP contribution >= 0.6 is 23.1 Å². The number of aromatic nitrogens is 3. The molecule has 0 saturated heterocycles. The molecule has 3 heterocycles. The summed E-state index contributed by atoms with van der Waals surface area (Å²) < 4.78 is 12.7. The highest BCUT2D eigenvalue weighted by Gasteiger charge is 2.27. The van der Waals surface area contributed by atoms with Crippen molar-refractivity contribution in [2.45, 2.75) is 50.1 Å². The summed E-state index contributed by atoms with van der Waals surface area (Å²) in [6.07, 6.45) is 7.31. The Morgan fingerprint density at radius 1 is 1.21 bits per heavy atom. The van der Waals surface area contributed by atoms with Gasteiger partial charge in [-0.05, 0) is 68.0 Å². The molecule has 0 spiro atoms. The van der Waals surface area contributed by atoms with E-state index in [2.05, 4.69) is 22.1 Å². The second-order valence-corrected chi connectivity index (χ2v) is 10.8. The Balaban J connectivity index is 1.27. The lowest BCUT2D eigenvalue weighted by Gasteiger charge is -2.12. The highest BCUT2D eigenvalue weighted by Crippen LogP contribution is 2.39. The molecule has 0 radical (unpaired) electrons. The normalized spacial score (nSPS) is 12.7. The molecule has 0 unspecified atom stereocenters. The van der Waals surface area contributed by atoms with E-state index in [4.69, 9.17) is 9.15 Å². The molecule has 38 heavy (non-hydrogen) atoms. The van der Waals surface area contributed by atoms with Crippen molar-refractivity contribution in [3.63, 3.8) is 0 Å². The number of carbonyl (C=O) groups excluding carboxylic acids is 2. The molecule has 1 aliphatic carbocycles. The second-order valence-electron chi connectivity index (χ2n) is 8.76. The van der Waals surface area contributed by atoms with E-state index in [1.54, 1.807) is 43.2 Å². The highest BCUT2D eigenvalue weighted by molar-refractivity contribution is 7.98. The van der Waals surface area contributed by atoms with Gasteiger partial charge in [-0.15, -0.1) is 28.1 Å². The Labute approximate surface area is 229 Å². The third kappa shape index (κ3) is 5.46. The van der Waals surface area contributed by atoms with Crippen molar-refractivity contribution >= 4 is 40.0 Å². The number of anilines is 1. The number of benzene rings is 1. The number of esters is 1. The van der Waals surface area contributed by atoms with Gasteiger partial charge in [0.2, 0.25) is 5.82 Å². The summed E-state index contributed by atoms with van der Waals surface area (Å²) in [5.41, 5.74) is 3.11. The minimum absolute atomic E-state index is 0.248. The molecule has 0 atom stereocenters. The summed E-state index contributed by atoms with van der Waals surface area (Å²) in [6.45, 7) is 6.48. The number of nitrogens with one attached hydrogen (secondary N) is 1. The van der Waals surface area contributed by atoms with E-state index >= 15 is 0 Å². The van der Waals surface area contributed by atoms with Crippen LogP contribution in [-0.4, -0.2) is 33.2 Å². The Morgan fingerprint density at radius 2 is 2.03 bits per heavy atom. The summed E-state index contributed by atoms with van der Waals surface area (Å²) in [7, 11) is 0. The van der Waals surface area contributed by atoms with Crippen LogP contribution in [0.3, 0.4) is 0 Å². The first-order valence-electron chi connectivity index (χ1n) is 12.5. The predicted octanol–water partition coefficient (Wildman–Crippen LogP) is 6.39. The number of rotatable bonds is 10. The second kappa shape index (κ2) is 11.8. The van der Waals surface area contributed by atoms with Crippen molar-refractivity contribution in [1.29, 1.82) is 0 Å². The van der Waals surface area contributed by atoms with E-state index in [0.29, 0.717) is 46.6 Å². The average molecular weight is 549 g/mol. The molecular weight excluding hydrogens is 520 g/mol. The standard InChI is InChI=1S/C28H28N4O4S2/c1-3-15-32-24(21-9-7-16-36-21)30-31-28(32)37-17-18-11-13-19(14-12-18)25(33)29-26-23(27(34)35-4-2)20-8-5-6-10-22(20)38-26/h3,7,9,11-14,16H,1,4-6,8,10,15,17H2,2H3,(H,29,33). The quantitative estimate of drug-likeness (QED) is 0.139. The summed E-state index contributed by atoms with van der Waals surface area (Å²) in [6, 6.07) is 11.1. The van der Waals surface area contributed by atoms with E-state index in [9.17, 15) is 9.59 Å². The highest BCUT2D eigenvalue weighted by atomic mass is 32.2. The van der Waals surface area contributed by atoms with E-state index in [1.807, 2.05) is 28.8 Å². The van der Waals surface area contributed by atoms with Crippen LogP contribution in [0.2, 0.25) is 0 Å². The minimum Gasteiger partial charge on any atom is -0.462 e. The number of amides is 1. The summed E-state index contributed by atoms with van der Waals surface area (Å²) in [5, 5.41) is 12.9. The van der Waals surface area contributed by atoms with Crippen LogP contribution in [0.1, 0.15) is 56.5 Å². The third-order valence-corrected chi connectivity index (χ3v) is 8.48. The molecule has 0 aliphatic heterocycles. The number of allylic oxidation sites excluding steroid dienone is 1. The predicted molar refractivity (Wildman–Crippen MR) is 149 cm³/mol. The number of nitrogens with zero attached hydrogens (tertiary/aromatic N) is 3. The molecule has 5 rings (SSSR count). The molecule has 0 bridgehead atoms. The van der Waals surface area contributed by atoms with Gasteiger partial charge in [0.1, 0.15) is 5.00 Å². The topological polar surface area (TPSA) is 99.2 Å². The van der Waals surface area contributed by atoms with E-state index < -0.39 is 0 Å². The van der Waals surface area contributed by atoms with E-state index in [0.717, 1.165) is 42.0 Å². The van der Waals surface area contributed by atoms with Crippen molar-refractivity contribution in [3.05, 3.63) is 82.4 Å². The molecule has 3 aromatic heterocycles. The first-order valence-corrected chi connectivity index (χ1v) is 14.3. The van der Waals surface area contributed by atoms with Gasteiger partial charge in [-0.1, -0.05) is 30.0 Å². The Morgan fingerprint density at radius 3 is 2.76 bits per heavy atom. The zero-order valence-electron chi connectivity index (χ0n) is 21.1. The molecule has 1 aromatic carbocycles. The van der Waals surface area contributed by atoms with Gasteiger partial charge >= 0.3 is 5.97 Å². The maximum atomic E-state index is 13.1. The lowest BCUT2D eigenvalue weighted by atomic mass is 9.95. The molecule has 1 amide bonds. The van der Waals surface area contributed by atoms with Gasteiger partial charge in [0, 0.05) is 22.7 Å². The van der Waals surface area contributed by atoms with Crippen molar-refractivity contribution in [3.8, 4) is 11.6 Å². The molecule has 1 N–H and O–H groups in total. The Bertz CT molecular complexity index is 1440. The summed E-state index contributed by atoms with van der Waals surface area (Å²) in [4.78, 5) is 26.9. The number of ether oxygens (including phenoxy) is 1. The van der Waals surface area contributed by atoms with Crippen LogP contribution in [0.15, 0.2) is 64.9 Å². The number of hydrogen-bond donors (Lipinski definition) is 1. The number of hydrogen-bond acceptors (Lipinski definition) is 8. The molecule has 0 saturated carbocycles. The van der Waals surface area contributed by atoms with Crippen LogP contribution in [0.5, 0.6) is 0 Å². The third-order valence-electron chi connectivity index (χ3n) is 6.23. The largest absolute Gasteiger partial charge is 0.462 e. The Hall–Kier alpha value is -3.63. The maximum absolute atomic E-state index is 13.1. The van der Waals surface area contributed by atoms with Gasteiger partial charge < -0.3 is 14.5 Å². The molecule has 10 heteroatoms. The fourth-order valence-corrected chi connectivity index (χ4v) is 6.60. The number of carbonyl (C=O) groups is 2. The van der Waals surface area contributed by atoms with Crippen LogP contribution in [0, 0.1) is 0 Å². The molecule has 1 aliphatic rings. The molecule has 0 fully saturated rings. The number of fused-ring (bicyclic) bond motifs is 1. The minimum atomic E-state index is -0.367. The van der Waals surface area contributed by atoms with Gasteiger partial charge in [0.15, 0.2) is 10.9 Å². The number of thiophene rings is 1. The lowest BCUT2D eigenvalue weighted by molar-refractivity contribution is 0.0526. The first-order chi connectivity index (χ1) is 18.6. The van der Waals surface area contributed by atoms with Crippen molar-refractivity contribution in [1.82, 2.24) is 14.8 Å². The van der Waals surface area contributed by atoms with Gasteiger partial charge in [-0.2, -0.15) is 0 Å². The van der Waals surface area contributed by atoms with E-state index in [-0.39, 0.29) is 11.9 Å². The summed E-state index contributed by atoms with van der Waals surface area (Å²) in [5.74, 6) is 1.34. The first kappa shape index (κ1) is 26.0. The summed E-state index contributed by atoms with van der Waals surface area (Å²) >= 11 is 3.04. The monoisotopic (exact) mass is 548 g/mol. The van der Waals surface area contributed by atoms with Gasteiger partial charge in [0.25, 0.3) is 5.91 Å².